The summed E-state index contributed by atoms with van der Waals surface area (Å²) in [6, 6.07) is 14.5. The van der Waals surface area contributed by atoms with Crippen molar-refractivity contribution in [3.05, 3.63) is 42.6 Å². The van der Waals surface area contributed by atoms with Crippen LogP contribution < -0.4 is 4.74 Å². The van der Waals surface area contributed by atoms with Crippen LogP contribution >= 0.6 is 0 Å². The van der Waals surface area contributed by atoms with Crippen LogP contribution in [-0.2, 0) is 0 Å². The van der Waals surface area contributed by atoms with E-state index in [0.29, 0.717) is 18.1 Å². The van der Waals surface area contributed by atoms with Gasteiger partial charge in [-0.05, 0) is 61.7 Å². The number of methoxy groups -OCH3 is 1. The van der Waals surface area contributed by atoms with Crippen LogP contribution in [0.15, 0.2) is 42.6 Å². The zero-order chi connectivity index (χ0) is 17.7. The average molecular weight is 348 g/mol. The molecule has 5 rings (SSSR count). The van der Waals surface area contributed by atoms with Crippen molar-refractivity contribution < 1.29 is 4.74 Å². The summed E-state index contributed by atoms with van der Waals surface area (Å²) in [6.07, 6.45) is 7.15. The molecule has 1 aromatic heterocycles. The van der Waals surface area contributed by atoms with Gasteiger partial charge in [0.15, 0.2) is 0 Å². The standard InChI is InChI=1S/C21H24N4O/c1-24-17-6-7-18(24)12-19(11-17)25-13-21(22-23-25)16-4-3-15-10-20(26-2)8-5-14(15)9-16/h3-5,8-10,13,17-19H,6-7,11-12H2,1-2H3/t17-,18+,19+. The molecular formula is C21H24N4O. The molecule has 0 aliphatic carbocycles. The maximum atomic E-state index is 5.31. The third-order valence-electron chi connectivity index (χ3n) is 6.30. The van der Waals surface area contributed by atoms with Gasteiger partial charge in [0.25, 0.3) is 0 Å². The topological polar surface area (TPSA) is 43.2 Å². The van der Waals surface area contributed by atoms with E-state index in [0.717, 1.165) is 17.0 Å². The number of hydrogen-bond donors (Lipinski definition) is 0. The molecule has 2 aromatic carbocycles. The van der Waals surface area contributed by atoms with E-state index in [1.54, 1.807) is 7.11 Å². The Labute approximate surface area is 153 Å². The molecule has 3 heterocycles. The Morgan fingerprint density at radius 3 is 2.46 bits per heavy atom. The van der Waals surface area contributed by atoms with Crippen LogP contribution in [0.3, 0.4) is 0 Å². The number of rotatable bonds is 3. The molecule has 2 fully saturated rings. The van der Waals surface area contributed by atoms with Gasteiger partial charge in [-0.2, -0.15) is 0 Å². The fourth-order valence-corrected chi connectivity index (χ4v) is 4.70. The van der Waals surface area contributed by atoms with E-state index in [-0.39, 0.29) is 0 Å². The van der Waals surface area contributed by atoms with Gasteiger partial charge in [-0.3, -0.25) is 0 Å². The highest BCUT2D eigenvalue weighted by atomic mass is 16.5. The van der Waals surface area contributed by atoms with Crippen molar-refractivity contribution in [3.8, 4) is 17.0 Å². The summed E-state index contributed by atoms with van der Waals surface area (Å²) in [4.78, 5) is 2.56. The molecule has 3 atom stereocenters. The molecule has 2 saturated heterocycles. The quantitative estimate of drug-likeness (QED) is 0.720. The van der Waals surface area contributed by atoms with Crippen molar-refractivity contribution in [2.75, 3.05) is 14.2 Å². The zero-order valence-corrected chi connectivity index (χ0v) is 15.3. The number of benzene rings is 2. The molecule has 134 valence electrons. The lowest BCUT2D eigenvalue weighted by atomic mass is 9.98. The summed E-state index contributed by atoms with van der Waals surface area (Å²) in [7, 11) is 3.97. The molecule has 5 heteroatoms. The molecule has 0 radical (unpaired) electrons. The Morgan fingerprint density at radius 2 is 1.69 bits per heavy atom. The maximum absolute atomic E-state index is 5.31. The van der Waals surface area contributed by atoms with E-state index < -0.39 is 0 Å². The molecule has 2 bridgehead atoms. The smallest absolute Gasteiger partial charge is 0.119 e. The number of aromatic nitrogens is 3. The van der Waals surface area contributed by atoms with Crippen molar-refractivity contribution in [2.24, 2.45) is 0 Å². The number of ether oxygens (including phenoxy) is 1. The van der Waals surface area contributed by atoms with Gasteiger partial charge in [-0.1, -0.05) is 23.4 Å². The first kappa shape index (κ1) is 15.8. The minimum atomic E-state index is 0.481. The van der Waals surface area contributed by atoms with Crippen LogP contribution in [0.25, 0.3) is 22.0 Å². The highest BCUT2D eigenvalue weighted by molar-refractivity contribution is 5.87. The SMILES string of the molecule is COc1ccc2cc(-c3cn([C@H]4C[C@H]5CC[C@@H](C4)N5C)nn3)ccc2c1. The first-order chi connectivity index (χ1) is 12.7. The highest BCUT2D eigenvalue weighted by Gasteiger charge is 2.39. The number of nitrogens with zero attached hydrogens (tertiary/aromatic N) is 4. The molecule has 26 heavy (non-hydrogen) atoms. The van der Waals surface area contributed by atoms with Gasteiger partial charge >= 0.3 is 0 Å². The monoisotopic (exact) mass is 348 g/mol. The third-order valence-corrected chi connectivity index (χ3v) is 6.30. The second-order valence-corrected chi connectivity index (χ2v) is 7.69. The van der Waals surface area contributed by atoms with Gasteiger partial charge in [0.1, 0.15) is 11.4 Å². The van der Waals surface area contributed by atoms with Crippen molar-refractivity contribution >= 4 is 10.8 Å². The lowest BCUT2D eigenvalue weighted by Gasteiger charge is -2.36. The average Bonchev–Trinajstić information content (AvgIpc) is 3.22. The molecule has 2 aliphatic rings. The van der Waals surface area contributed by atoms with Gasteiger partial charge in [0, 0.05) is 17.6 Å². The Morgan fingerprint density at radius 1 is 0.962 bits per heavy atom. The molecule has 5 nitrogen and oxygen atoms in total. The van der Waals surface area contributed by atoms with Crippen molar-refractivity contribution in [1.82, 2.24) is 19.9 Å². The second-order valence-electron chi connectivity index (χ2n) is 7.69. The first-order valence-corrected chi connectivity index (χ1v) is 9.43. The van der Waals surface area contributed by atoms with Crippen LogP contribution in [0.5, 0.6) is 5.75 Å². The highest BCUT2D eigenvalue weighted by Crippen LogP contribution is 2.39. The van der Waals surface area contributed by atoms with Crippen molar-refractivity contribution in [3.63, 3.8) is 0 Å². The lowest BCUT2D eigenvalue weighted by molar-refractivity contribution is 0.130. The summed E-state index contributed by atoms with van der Waals surface area (Å²) in [5, 5.41) is 11.3. The summed E-state index contributed by atoms with van der Waals surface area (Å²) >= 11 is 0. The van der Waals surface area contributed by atoms with E-state index in [1.165, 1.54) is 36.5 Å². The van der Waals surface area contributed by atoms with Gasteiger partial charge in [-0.25, -0.2) is 4.68 Å². The normalized spacial score (nSPS) is 25.7. The minimum absolute atomic E-state index is 0.481. The Balaban J connectivity index is 1.42. The van der Waals surface area contributed by atoms with E-state index in [9.17, 15) is 0 Å². The van der Waals surface area contributed by atoms with Gasteiger partial charge in [0.05, 0.1) is 19.3 Å². The second kappa shape index (κ2) is 6.09. The predicted molar refractivity (Wildman–Crippen MR) is 102 cm³/mol. The van der Waals surface area contributed by atoms with Crippen LogP contribution in [0.1, 0.15) is 31.7 Å². The van der Waals surface area contributed by atoms with Gasteiger partial charge in [-0.15, -0.1) is 5.10 Å². The van der Waals surface area contributed by atoms with Gasteiger partial charge in [0.2, 0.25) is 0 Å². The predicted octanol–water partition coefficient (Wildman–Crippen LogP) is 3.90. The number of fused-ring (bicyclic) bond motifs is 3. The Kier molecular flexibility index (Phi) is 3.71. The third kappa shape index (κ3) is 2.58. The Bertz CT molecular complexity index is 936. The van der Waals surface area contributed by atoms with Crippen LogP contribution in [0, 0.1) is 0 Å². The number of hydrogen-bond acceptors (Lipinski definition) is 4. The summed E-state index contributed by atoms with van der Waals surface area (Å²) in [5.41, 5.74) is 2.07. The molecule has 0 amide bonds. The molecule has 0 spiro atoms. The zero-order valence-electron chi connectivity index (χ0n) is 15.3. The largest absolute Gasteiger partial charge is 0.497 e. The van der Waals surface area contributed by atoms with E-state index in [4.69, 9.17) is 4.74 Å². The Hall–Kier alpha value is -2.40. The van der Waals surface area contributed by atoms with E-state index in [2.05, 4.69) is 63.5 Å². The summed E-state index contributed by atoms with van der Waals surface area (Å²) in [5.74, 6) is 0.882. The van der Waals surface area contributed by atoms with E-state index >= 15 is 0 Å². The summed E-state index contributed by atoms with van der Waals surface area (Å²) in [6.45, 7) is 0. The molecule has 0 N–H and O–H groups in total. The minimum Gasteiger partial charge on any atom is -0.497 e. The molecule has 0 saturated carbocycles. The molecular weight excluding hydrogens is 324 g/mol. The van der Waals surface area contributed by atoms with Crippen molar-refractivity contribution in [2.45, 2.75) is 43.8 Å². The first-order valence-electron chi connectivity index (χ1n) is 9.43. The number of piperidine rings is 1. The summed E-state index contributed by atoms with van der Waals surface area (Å²) < 4.78 is 7.41. The van der Waals surface area contributed by atoms with E-state index in [1.807, 2.05) is 6.07 Å². The lowest BCUT2D eigenvalue weighted by Crippen LogP contribution is -2.40. The van der Waals surface area contributed by atoms with Crippen LogP contribution in [0.2, 0.25) is 0 Å². The molecule has 2 aliphatic heterocycles. The molecule has 0 unspecified atom stereocenters. The van der Waals surface area contributed by atoms with Gasteiger partial charge < -0.3 is 9.64 Å². The fraction of sp³-hybridized carbons (Fsp3) is 0.429. The van der Waals surface area contributed by atoms with Crippen molar-refractivity contribution in [1.29, 1.82) is 0 Å². The maximum Gasteiger partial charge on any atom is 0.119 e. The fourth-order valence-electron chi connectivity index (χ4n) is 4.70. The van der Waals surface area contributed by atoms with Crippen LogP contribution in [0.4, 0.5) is 0 Å². The van der Waals surface area contributed by atoms with Crippen LogP contribution in [-0.4, -0.2) is 46.1 Å². The molecule has 3 aromatic rings.